The molecule has 0 aliphatic carbocycles. The number of benzene rings is 1. The molecule has 2 aliphatic heterocycles. The van der Waals surface area contributed by atoms with Gasteiger partial charge in [-0.1, -0.05) is 47.2 Å². The van der Waals surface area contributed by atoms with Gasteiger partial charge in [-0.25, -0.2) is 9.78 Å². The number of carbonyl (C=O) groups excluding carboxylic acids is 2. The number of aromatic nitrogens is 4. The molecule has 0 unspecified atom stereocenters. The van der Waals surface area contributed by atoms with Gasteiger partial charge < -0.3 is 21.0 Å². The second-order valence-corrected chi connectivity index (χ2v) is 11.8. The summed E-state index contributed by atoms with van der Waals surface area (Å²) in [5.41, 5.74) is 4.91. The van der Waals surface area contributed by atoms with Crippen molar-refractivity contribution >= 4 is 63.5 Å². The normalized spacial score (nSPS) is 18.4. The Bertz CT molecular complexity index is 1730. The van der Waals surface area contributed by atoms with E-state index in [1.54, 1.807) is 0 Å². The minimum Gasteiger partial charge on any atom is -0.477 e. The Morgan fingerprint density at radius 1 is 1.26 bits per heavy atom. The van der Waals surface area contributed by atoms with Crippen molar-refractivity contribution in [2.75, 3.05) is 17.2 Å². The van der Waals surface area contributed by atoms with E-state index in [-0.39, 0.29) is 45.5 Å². The Balaban J connectivity index is 1.31. The zero-order valence-corrected chi connectivity index (χ0v) is 24.1. The van der Waals surface area contributed by atoms with Crippen molar-refractivity contribution in [3.05, 3.63) is 78.9 Å². The van der Waals surface area contributed by atoms with Gasteiger partial charge in [0.2, 0.25) is 0 Å². The Kier molecular flexibility index (Phi) is 8.46. The molecule has 42 heavy (non-hydrogen) atoms. The number of carboxylic acid groups (broad SMARTS) is 1. The van der Waals surface area contributed by atoms with Crippen LogP contribution in [0.3, 0.4) is 0 Å². The van der Waals surface area contributed by atoms with E-state index in [1.165, 1.54) is 28.9 Å². The molecular formula is C24H22N8O7S3. The van der Waals surface area contributed by atoms with Crippen molar-refractivity contribution in [2.45, 2.75) is 23.2 Å². The molecule has 2 atom stereocenters. The average Bonchev–Trinajstić information content (AvgIpc) is 3.40. The monoisotopic (exact) mass is 630 g/mol. The van der Waals surface area contributed by atoms with E-state index in [2.05, 4.69) is 25.5 Å². The summed E-state index contributed by atoms with van der Waals surface area (Å²) in [7, 11) is 1.49. The summed E-state index contributed by atoms with van der Waals surface area (Å²) >= 11 is 3.42. The lowest BCUT2D eigenvalue weighted by molar-refractivity contribution is -0.150. The standard InChI is InChI=1S/C24H22N8O7S3/c1-31-24(28-18(34)19(35)29-31)42-9-12-8-40-21-15(20(36)32(21)16(12)22(37)38)27-17(33)14(13-10-41-23(25)26-13)30-39-7-11-5-3-2-4-6-11/h2-6,10,15,21H,7-9H2,1H3,(H2,25,26)(H,27,33)(H,29,35)(H,37,38)/b30-14-/t15-,21+/m1/s1. The molecule has 2 aromatic heterocycles. The number of nitrogens with one attached hydrogen (secondary N) is 2. The number of hydrogen-bond acceptors (Lipinski definition) is 13. The summed E-state index contributed by atoms with van der Waals surface area (Å²) in [6.07, 6.45) is 0. The van der Waals surface area contributed by atoms with E-state index in [0.29, 0.717) is 5.57 Å². The summed E-state index contributed by atoms with van der Waals surface area (Å²) in [5, 5.41) is 20.1. The third-order valence-electron chi connectivity index (χ3n) is 6.07. The lowest BCUT2D eigenvalue weighted by Crippen LogP contribution is -2.71. The Hall–Kier alpha value is -4.42. The quantitative estimate of drug-likeness (QED) is 0.0763. The van der Waals surface area contributed by atoms with E-state index in [9.17, 15) is 29.1 Å². The molecule has 1 saturated heterocycles. The maximum Gasteiger partial charge on any atom is 0.352 e. The zero-order chi connectivity index (χ0) is 30.0. The number of amides is 2. The molecule has 1 fully saturated rings. The lowest BCUT2D eigenvalue weighted by atomic mass is 10.0. The number of nitrogens with zero attached hydrogens (tertiary/aromatic N) is 5. The fourth-order valence-corrected chi connectivity index (χ4v) is 7.04. The van der Waals surface area contributed by atoms with E-state index in [4.69, 9.17) is 10.6 Å². The van der Waals surface area contributed by atoms with Crippen LogP contribution >= 0.6 is 34.9 Å². The maximum absolute atomic E-state index is 13.3. The van der Waals surface area contributed by atoms with Gasteiger partial charge in [0, 0.05) is 23.9 Å². The smallest absolute Gasteiger partial charge is 0.352 e. The summed E-state index contributed by atoms with van der Waals surface area (Å²) in [6.45, 7) is 0.0855. The van der Waals surface area contributed by atoms with Gasteiger partial charge in [0.1, 0.15) is 29.4 Å². The molecule has 15 nitrogen and oxygen atoms in total. The van der Waals surface area contributed by atoms with E-state index < -0.39 is 40.3 Å². The largest absolute Gasteiger partial charge is 0.477 e. The number of oxime groups is 1. The molecule has 2 amide bonds. The number of H-pyrrole nitrogens is 1. The summed E-state index contributed by atoms with van der Waals surface area (Å²) < 4.78 is 1.26. The first-order valence-corrected chi connectivity index (χ1v) is 15.0. The number of thioether (sulfide) groups is 2. The summed E-state index contributed by atoms with van der Waals surface area (Å²) in [5.74, 6) is -2.34. The number of nitrogens with two attached hydrogens (primary N) is 1. The van der Waals surface area contributed by atoms with Crippen molar-refractivity contribution in [2.24, 2.45) is 12.2 Å². The zero-order valence-electron chi connectivity index (χ0n) is 21.7. The van der Waals surface area contributed by atoms with E-state index in [1.807, 2.05) is 30.3 Å². The molecule has 18 heteroatoms. The highest BCUT2D eigenvalue weighted by atomic mass is 32.2. The fraction of sp³-hybridized carbons (Fsp3) is 0.250. The van der Waals surface area contributed by atoms with Crippen LogP contribution in [0.5, 0.6) is 0 Å². The van der Waals surface area contributed by atoms with Crippen molar-refractivity contribution in [3.8, 4) is 0 Å². The number of fused-ring (bicyclic) bond motifs is 1. The molecule has 3 aromatic rings. The van der Waals surface area contributed by atoms with Crippen LogP contribution in [0.15, 0.2) is 66.9 Å². The molecule has 4 heterocycles. The maximum atomic E-state index is 13.3. The average molecular weight is 631 g/mol. The molecule has 218 valence electrons. The molecule has 0 spiro atoms. The predicted molar refractivity (Wildman–Crippen MR) is 155 cm³/mol. The van der Waals surface area contributed by atoms with Crippen molar-refractivity contribution < 1.29 is 24.3 Å². The molecule has 5 N–H and O–H groups in total. The number of carbonyl (C=O) groups is 3. The van der Waals surface area contributed by atoms with Crippen LogP contribution in [0, 0.1) is 0 Å². The first-order chi connectivity index (χ1) is 20.1. The number of aliphatic carboxylic acids is 1. The van der Waals surface area contributed by atoms with E-state index >= 15 is 0 Å². The van der Waals surface area contributed by atoms with Gasteiger partial charge in [0.25, 0.3) is 11.8 Å². The van der Waals surface area contributed by atoms with Crippen LogP contribution in [-0.4, -0.2) is 76.2 Å². The minimum atomic E-state index is -1.31. The third kappa shape index (κ3) is 5.95. The van der Waals surface area contributed by atoms with Crippen LogP contribution in [0.2, 0.25) is 0 Å². The number of β-lactam (4-membered cyclic amide) rings is 1. The number of anilines is 1. The van der Waals surface area contributed by atoms with Crippen molar-refractivity contribution in [1.82, 2.24) is 30.0 Å². The molecule has 2 aliphatic rings. The predicted octanol–water partition coefficient (Wildman–Crippen LogP) is -0.0409. The van der Waals surface area contributed by atoms with Gasteiger partial charge in [-0.05, 0) is 11.1 Å². The van der Waals surface area contributed by atoms with Crippen LogP contribution in [-0.2, 0) is 32.9 Å². The van der Waals surface area contributed by atoms with Crippen LogP contribution < -0.4 is 22.2 Å². The molecule has 0 bridgehead atoms. The highest BCUT2D eigenvalue weighted by Crippen LogP contribution is 2.41. The van der Waals surface area contributed by atoms with Crippen LogP contribution in [0.1, 0.15) is 11.3 Å². The number of nitrogen functional groups attached to an aromatic ring is 1. The van der Waals surface area contributed by atoms with Crippen LogP contribution in [0.4, 0.5) is 5.13 Å². The van der Waals surface area contributed by atoms with Crippen molar-refractivity contribution in [1.29, 1.82) is 0 Å². The minimum absolute atomic E-state index is 0.0855. The SMILES string of the molecule is Cn1[nH]c(=O)c(=O)nc1SCC1=C(C(=O)O)N2C(=O)[C@@H](NC(=O)/C(=N\OCc3ccccc3)c3csc(N)n3)[C@@H]2SC1. The number of carboxylic acids is 1. The van der Waals surface area contributed by atoms with E-state index in [0.717, 1.165) is 33.6 Å². The van der Waals surface area contributed by atoms with Gasteiger partial charge in [-0.2, -0.15) is 4.98 Å². The molecule has 1 aromatic carbocycles. The highest BCUT2D eigenvalue weighted by Gasteiger charge is 2.54. The number of rotatable bonds is 10. The second-order valence-electron chi connectivity index (χ2n) is 8.88. The van der Waals surface area contributed by atoms with Gasteiger partial charge in [-0.15, -0.1) is 23.1 Å². The molecule has 0 saturated carbocycles. The second kappa shape index (κ2) is 12.2. The Morgan fingerprint density at radius 3 is 2.71 bits per heavy atom. The number of aryl methyl sites for hydroxylation is 1. The molecule has 5 rings (SSSR count). The first-order valence-electron chi connectivity index (χ1n) is 12.1. The fourth-order valence-electron chi connectivity index (χ4n) is 4.09. The lowest BCUT2D eigenvalue weighted by Gasteiger charge is -2.49. The third-order valence-corrected chi connectivity index (χ3v) is 9.20. The van der Waals surface area contributed by atoms with Crippen LogP contribution in [0.25, 0.3) is 0 Å². The molecular weight excluding hydrogens is 609 g/mol. The van der Waals surface area contributed by atoms with Gasteiger partial charge in [0.15, 0.2) is 16.0 Å². The Labute approximate surface area is 248 Å². The number of hydrogen-bond donors (Lipinski definition) is 4. The highest BCUT2D eigenvalue weighted by molar-refractivity contribution is 8.01. The molecule has 0 radical (unpaired) electrons. The van der Waals surface area contributed by atoms with Gasteiger partial charge in [0.05, 0.1) is 0 Å². The number of thiazole rings is 1. The van der Waals surface area contributed by atoms with Gasteiger partial charge >= 0.3 is 17.1 Å². The first kappa shape index (κ1) is 29.1. The number of aromatic amines is 1. The topological polar surface area (TPSA) is 215 Å². The Morgan fingerprint density at radius 2 is 2.02 bits per heavy atom. The van der Waals surface area contributed by atoms with Gasteiger partial charge in [-0.3, -0.25) is 33.9 Å². The summed E-state index contributed by atoms with van der Waals surface area (Å²) in [6, 6.07) is 8.15. The van der Waals surface area contributed by atoms with Crippen molar-refractivity contribution in [3.63, 3.8) is 0 Å². The summed E-state index contributed by atoms with van der Waals surface area (Å²) in [4.78, 5) is 76.1.